The number of anilines is 1. The number of ether oxygens (including phenoxy) is 1. The second-order valence-corrected chi connectivity index (χ2v) is 3.58. The van der Waals surface area contributed by atoms with Gasteiger partial charge < -0.3 is 10.5 Å². The zero-order valence-electron chi connectivity index (χ0n) is 9.78. The molecule has 1 rings (SSSR count). The van der Waals surface area contributed by atoms with E-state index >= 15 is 0 Å². The first-order valence-corrected chi connectivity index (χ1v) is 5.63. The Morgan fingerprint density at radius 3 is 3.00 bits per heavy atom. The summed E-state index contributed by atoms with van der Waals surface area (Å²) in [6, 6.07) is 1.66. The number of nitrogens with two attached hydrogens (primary N) is 1. The van der Waals surface area contributed by atoms with Crippen LogP contribution in [0.4, 0.5) is 5.82 Å². The average Bonchev–Trinajstić information content (AvgIpc) is 2.24. The lowest BCUT2D eigenvalue weighted by molar-refractivity contribution is 0.299. The highest BCUT2D eigenvalue weighted by atomic mass is 16.5. The van der Waals surface area contributed by atoms with Gasteiger partial charge in [-0.3, -0.25) is 0 Å². The van der Waals surface area contributed by atoms with E-state index in [0.29, 0.717) is 18.3 Å². The van der Waals surface area contributed by atoms with Gasteiger partial charge in [0.2, 0.25) is 5.88 Å². The molecule has 16 heavy (non-hydrogen) atoms. The molecular weight excluding hydrogens is 202 g/mol. The summed E-state index contributed by atoms with van der Waals surface area (Å²) in [7, 11) is 0. The van der Waals surface area contributed by atoms with Crippen molar-refractivity contribution in [1.82, 2.24) is 9.97 Å². The highest BCUT2D eigenvalue weighted by Gasteiger charge is 2.02. The maximum atomic E-state index is 5.67. The maximum absolute atomic E-state index is 5.67. The molecule has 0 atom stereocenters. The average molecular weight is 221 g/mol. The number of rotatable bonds is 7. The third-order valence-electron chi connectivity index (χ3n) is 2.04. The van der Waals surface area contributed by atoms with Crippen LogP contribution in [0, 0.1) is 0 Å². The zero-order valence-corrected chi connectivity index (χ0v) is 9.78. The monoisotopic (exact) mass is 221 g/mol. The van der Waals surface area contributed by atoms with Gasteiger partial charge in [0.05, 0.1) is 6.61 Å². The normalized spacial score (nSPS) is 10.1. The van der Waals surface area contributed by atoms with Crippen molar-refractivity contribution in [2.45, 2.75) is 32.6 Å². The predicted molar refractivity (Wildman–Crippen MR) is 65.4 cm³/mol. The van der Waals surface area contributed by atoms with E-state index in [1.165, 1.54) is 0 Å². The van der Waals surface area contributed by atoms with Gasteiger partial charge in [0.1, 0.15) is 11.6 Å². The SMILES string of the molecule is C=CCCCOc1cc(N)nc(CCC)n1. The third kappa shape index (κ3) is 4.29. The van der Waals surface area contributed by atoms with Crippen molar-refractivity contribution < 1.29 is 4.74 Å². The third-order valence-corrected chi connectivity index (χ3v) is 2.04. The van der Waals surface area contributed by atoms with Crippen LogP contribution in [0.3, 0.4) is 0 Å². The molecule has 0 saturated heterocycles. The van der Waals surface area contributed by atoms with Crippen LogP contribution in [0.25, 0.3) is 0 Å². The van der Waals surface area contributed by atoms with Crippen LogP contribution in [0.2, 0.25) is 0 Å². The number of hydrogen-bond acceptors (Lipinski definition) is 4. The lowest BCUT2D eigenvalue weighted by Crippen LogP contribution is -2.04. The molecule has 0 aliphatic rings. The highest BCUT2D eigenvalue weighted by molar-refractivity contribution is 5.32. The fraction of sp³-hybridized carbons (Fsp3) is 0.500. The first-order valence-electron chi connectivity index (χ1n) is 5.63. The Bertz CT molecular complexity index is 339. The number of hydrogen-bond donors (Lipinski definition) is 1. The van der Waals surface area contributed by atoms with E-state index in [1.54, 1.807) is 6.07 Å². The Morgan fingerprint density at radius 1 is 1.50 bits per heavy atom. The molecule has 1 aromatic rings. The summed E-state index contributed by atoms with van der Waals surface area (Å²) < 4.78 is 5.50. The molecule has 0 bridgehead atoms. The van der Waals surface area contributed by atoms with Crippen LogP contribution in [-0.4, -0.2) is 16.6 Å². The van der Waals surface area contributed by atoms with E-state index in [2.05, 4.69) is 23.5 Å². The van der Waals surface area contributed by atoms with E-state index in [4.69, 9.17) is 10.5 Å². The molecule has 88 valence electrons. The summed E-state index contributed by atoms with van der Waals surface area (Å²) in [4.78, 5) is 8.42. The van der Waals surface area contributed by atoms with Crippen LogP contribution >= 0.6 is 0 Å². The molecule has 1 heterocycles. The summed E-state index contributed by atoms with van der Waals surface area (Å²) in [5.41, 5.74) is 5.67. The van der Waals surface area contributed by atoms with Crippen molar-refractivity contribution in [3.63, 3.8) is 0 Å². The Balaban J connectivity index is 2.54. The zero-order chi connectivity index (χ0) is 11.8. The van der Waals surface area contributed by atoms with Crippen LogP contribution in [-0.2, 0) is 6.42 Å². The van der Waals surface area contributed by atoms with Gasteiger partial charge in [-0.15, -0.1) is 6.58 Å². The molecule has 4 nitrogen and oxygen atoms in total. The molecule has 0 saturated carbocycles. The first-order chi connectivity index (χ1) is 7.76. The van der Waals surface area contributed by atoms with E-state index in [0.717, 1.165) is 31.5 Å². The first kappa shape index (κ1) is 12.5. The van der Waals surface area contributed by atoms with E-state index in [9.17, 15) is 0 Å². The van der Waals surface area contributed by atoms with Gasteiger partial charge in [-0.05, 0) is 19.3 Å². The summed E-state index contributed by atoms with van der Waals surface area (Å²) in [5, 5.41) is 0. The Labute approximate surface area is 96.6 Å². The van der Waals surface area contributed by atoms with Crippen molar-refractivity contribution in [2.24, 2.45) is 0 Å². The number of nitrogens with zero attached hydrogens (tertiary/aromatic N) is 2. The van der Waals surface area contributed by atoms with E-state index in [1.807, 2.05) is 6.08 Å². The lowest BCUT2D eigenvalue weighted by atomic mass is 10.3. The summed E-state index contributed by atoms with van der Waals surface area (Å²) in [6.45, 7) is 6.37. The van der Waals surface area contributed by atoms with Crippen molar-refractivity contribution >= 4 is 5.82 Å². The topological polar surface area (TPSA) is 61.0 Å². The molecule has 4 heteroatoms. The van der Waals surface area contributed by atoms with Gasteiger partial charge in [0.15, 0.2) is 0 Å². The summed E-state index contributed by atoms with van der Waals surface area (Å²) >= 11 is 0. The minimum Gasteiger partial charge on any atom is -0.478 e. The molecule has 2 N–H and O–H groups in total. The maximum Gasteiger partial charge on any atom is 0.218 e. The summed E-state index contributed by atoms with van der Waals surface area (Å²) in [6.07, 6.45) is 5.59. The van der Waals surface area contributed by atoms with Crippen molar-refractivity contribution in [1.29, 1.82) is 0 Å². The molecule has 0 spiro atoms. The molecule has 0 aliphatic heterocycles. The fourth-order valence-corrected chi connectivity index (χ4v) is 1.31. The van der Waals surface area contributed by atoms with Gasteiger partial charge in [0.25, 0.3) is 0 Å². The lowest BCUT2D eigenvalue weighted by Gasteiger charge is -2.06. The van der Waals surface area contributed by atoms with E-state index in [-0.39, 0.29) is 0 Å². The van der Waals surface area contributed by atoms with Gasteiger partial charge in [-0.25, -0.2) is 4.98 Å². The number of allylic oxidation sites excluding steroid dienone is 1. The Kier molecular flexibility index (Phi) is 5.32. The predicted octanol–water partition coefficient (Wildman–Crippen LogP) is 2.36. The second kappa shape index (κ2) is 6.82. The number of aryl methyl sites for hydroxylation is 1. The molecule has 0 aliphatic carbocycles. The highest BCUT2D eigenvalue weighted by Crippen LogP contribution is 2.12. The van der Waals surface area contributed by atoms with Crippen LogP contribution in [0.15, 0.2) is 18.7 Å². The fourth-order valence-electron chi connectivity index (χ4n) is 1.31. The van der Waals surface area contributed by atoms with Crippen molar-refractivity contribution in [3.05, 3.63) is 24.5 Å². The minimum atomic E-state index is 0.470. The van der Waals surface area contributed by atoms with Gasteiger partial charge in [-0.1, -0.05) is 13.0 Å². The molecule has 0 aromatic carbocycles. The second-order valence-electron chi connectivity index (χ2n) is 3.58. The molecular formula is C12H19N3O. The van der Waals surface area contributed by atoms with E-state index < -0.39 is 0 Å². The van der Waals surface area contributed by atoms with Crippen molar-refractivity contribution in [2.75, 3.05) is 12.3 Å². The quantitative estimate of drug-likeness (QED) is 0.567. The van der Waals surface area contributed by atoms with Crippen LogP contribution < -0.4 is 10.5 Å². The molecule has 0 fully saturated rings. The Morgan fingerprint density at radius 2 is 2.31 bits per heavy atom. The van der Waals surface area contributed by atoms with Crippen LogP contribution in [0.5, 0.6) is 5.88 Å². The Hall–Kier alpha value is -1.58. The van der Waals surface area contributed by atoms with Gasteiger partial charge in [0, 0.05) is 12.5 Å². The largest absolute Gasteiger partial charge is 0.478 e. The summed E-state index contributed by atoms with van der Waals surface area (Å²) in [5.74, 6) is 1.79. The molecule has 1 aromatic heterocycles. The molecule has 0 amide bonds. The van der Waals surface area contributed by atoms with Gasteiger partial charge in [-0.2, -0.15) is 4.98 Å². The molecule has 0 radical (unpaired) electrons. The minimum absolute atomic E-state index is 0.470. The standard InChI is InChI=1S/C12H19N3O/c1-3-5-6-8-16-12-9-10(13)14-11(15-12)7-4-2/h3,9H,1,4-8H2,2H3,(H2,13,14,15). The van der Waals surface area contributed by atoms with Crippen LogP contribution in [0.1, 0.15) is 32.0 Å². The van der Waals surface area contributed by atoms with Crippen molar-refractivity contribution in [3.8, 4) is 5.88 Å². The number of aromatic nitrogens is 2. The van der Waals surface area contributed by atoms with Gasteiger partial charge >= 0.3 is 0 Å². The smallest absolute Gasteiger partial charge is 0.218 e. The number of nitrogen functional groups attached to an aromatic ring is 1. The molecule has 0 unspecified atom stereocenters. The number of unbranched alkanes of at least 4 members (excludes halogenated alkanes) is 1.